The number of benzene rings is 1. The average molecular weight is 301 g/mol. The van der Waals surface area contributed by atoms with Gasteiger partial charge in [-0.15, -0.1) is 0 Å². The van der Waals surface area contributed by atoms with Gasteiger partial charge in [-0.25, -0.2) is 0 Å². The van der Waals surface area contributed by atoms with Crippen molar-refractivity contribution in [3.63, 3.8) is 0 Å². The van der Waals surface area contributed by atoms with Crippen molar-refractivity contribution < 1.29 is 4.79 Å². The fourth-order valence-corrected chi connectivity index (χ4v) is 2.42. The molecule has 0 atom stereocenters. The van der Waals surface area contributed by atoms with Gasteiger partial charge in [-0.3, -0.25) is 9.78 Å². The van der Waals surface area contributed by atoms with E-state index in [4.69, 9.17) is 0 Å². The topological polar surface area (TPSA) is 45.8 Å². The molecule has 0 saturated heterocycles. The van der Waals surface area contributed by atoms with Crippen LogP contribution in [0.5, 0.6) is 0 Å². The number of hydrogen-bond acceptors (Lipinski definition) is 2. The van der Waals surface area contributed by atoms with Crippen molar-refractivity contribution in [1.29, 1.82) is 0 Å². The molecule has 0 aliphatic heterocycles. The van der Waals surface area contributed by atoms with Gasteiger partial charge in [0.2, 0.25) is 5.78 Å². The summed E-state index contributed by atoms with van der Waals surface area (Å²) in [6.07, 6.45) is 3.35. The number of aromatic amines is 1. The van der Waals surface area contributed by atoms with Crippen LogP contribution in [0.15, 0.2) is 53.3 Å². The second-order valence-electron chi connectivity index (χ2n) is 3.91. The molecule has 0 amide bonds. The normalized spacial score (nSPS) is 10.7. The molecule has 3 aromatic rings. The molecule has 3 nitrogen and oxygen atoms in total. The summed E-state index contributed by atoms with van der Waals surface area (Å²) in [6, 6.07) is 11.1. The highest BCUT2D eigenvalue weighted by Crippen LogP contribution is 2.26. The first-order chi connectivity index (χ1) is 8.77. The number of hydrogen-bond donors (Lipinski definition) is 1. The number of pyridine rings is 1. The van der Waals surface area contributed by atoms with Gasteiger partial charge in [0, 0.05) is 27.8 Å². The van der Waals surface area contributed by atoms with E-state index in [0.29, 0.717) is 11.3 Å². The van der Waals surface area contributed by atoms with E-state index in [1.807, 2.05) is 24.3 Å². The minimum absolute atomic E-state index is 0.0695. The molecule has 18 heavy (non-hydrogen) atoms. The summed E-state index contributed by atoms with van der Waals surface area (Å²) in [6.45, 7) is 0. The molecular formula is C14H9BrN2O. The van der Waals surface area contributed by atoms with E-state index in [0.717, 1.165) is 15.4 Å². The van der Waals surface area contributed by atoms with Crippen molar-refractivity contribution in [1.82, 2.24) is 9.97 Å². The van der Waals surface area contributed by atoms with Gasteiger partial charge >= 0.3 is 0 Å². The van der Waals surface area contributed by atoms with Gasteiger partial charge < -0.3 is 4.98 Å². The van der Waals surface area contributed by atoms with Crippen LogP contribution in [-0.4, -0.2) is 15.8 Å². The van der Waals surface area contributed by atoms with E-state index in [1.165, 1.54) is 0 Å². The Morgan fingerprint density at radius 2 is 2.06 bits per heavy atom. The molecule has 0 fully saturated rings. The van der Waals surface area contributed by atoms with Crippen molar-refractivity contribution in [2.45, 2.75) is 0 Å². The van der Waals surface area contributed by atoms with Crippen LogP contribution in [-0.2, 0) is 0 Å². The molecule has 0 radical (unpaired) electrons. The number of carbonyl (C=O) groups excluding carboxylic acids is 1. The van der Waals surface area contributed by atoms with Crippen molar-refractivity contribution in [2.75, 3.05) is 0 Å². The Hall–Kier alpha value is -1.94. The first-order valence-corrected chi connectivity index (χ1v) is 6.28. The predicted octanol–water partition coefficient (Wildman–Crippen LogP) is 3.56. The van der Waals surface area contributed by atoms with Gasteiger partial charge in [-0.2, -0.15) is 0 Å². The highest BCUT2D eigenvalue weighted by molar-refractivity contribution is 9.10. The fraction of sp³-hybridized carbons (Fsp3) is 0. The van der Waals surface area contributed by atoms with E-state index < -0.39 is 0 Å². The smallest absolute Gasteiger partial charge is 0.213 e. The number of fused-ring (bicyclic) bond motifs is 1. The van der Waals surface area contributed by atoms with E-state index in [1.54, 1.807) is 24.5 Å². The summed E-state index contributed by atoms with van der Waals surface area (Å²) >= 11 is 3.46. The van der Waals surface area contributed by atoms with Gasteiger partial charge in [0.25, 0.3) is 0 Å². The van der Waals surface area contributed by atoms with Crippen molar-refractivity contribution in [3.8, 4) is 0 Å². The Labute approximate surface area is 112 Å². The molecule has 0 saturated carbocycles. The van der Waals surface area contributed by atoms with Gasteiger partial charge in [0.1, 0.15) is 5.69 Å². The second-order valence-corrected chi connectivity index (χ2v) is 4.76. The zero-order valence-electron chi connectivity index (χ0n) is 9.35. The lowest BCUT2D eigenvalue weighted by Gasteiger charge is -1.98. The molecular weight excluding hydrogens is 292 g/mol. The molecule has 1 aromatic carbocycles. The monoisotopic (exact) mass is 300 g/mol. The van der Waals surface area contributed by atoms with Crippen LogP contribution in [0.1, 0.15) is 16.1 Å². The van der Waals surface area contributed by atoms with Gasteiger partial charge in [0.15, 0.2) is 0 Å². The Morgan fingerprint density at radius 1 is 1.17 bits per heavy atom. The largest absolute Gasteiger partial charge is 0.360 e. The van der Waals surface area contributed by atoms with Crippen LogP contribution < -0.4 is 0 Å². The number of nitrogens with zero attached hydrogens (tertiary/aromatic N) is 1. The zero-order chi connectivity index (χ0) is 12.5. The lowest BCUT2D eigenvalue weighted by Crippen LogP contribution is -2.02. The molecule has 4 heteroatoms. The third-order valence-corrected chi connectivity index (χ3v) is 3.47. The van der Waals surface area contributed by atoms with Crippen LogP contribution in [0.25, 0.3) is 10.9 Å². The van der Waals surface area contributed by atoms with Crippen molar-refractivity contribution in [2.24, 2.45) is 0 Å². The van der Waals surface area contributed by atoms with E-state index in [-0.39, 0.29) is 5.78 Å². The number of halogens is 1. The lowest BCUT2D eigenvalue weighted by atomic mass is 10.1. The number of rotatable bonds is 2. The van der Waals surface area contributed by atoms with Crippen molar-refractivity contribution >= 4 is 32.6 Å². The summed E-state index contributed by atoms with van der Waals surface area (Å²) in [5.41, 5.74) is 2.03. The molecule has 1 N–H and O–H groups in total. The van der Waals surface area contributed by atoms with Gasteiger partial charge in [-0.05, 0) is 34.1 Å². The maximum absolute atomic E-state index is 12.3. The highest BCUT2D eigenvalue weighted by atomic mass is 79.9. The van der Waals surface area contributed by atoms with Crippen LogP contribution in [0.2, 0.25) is 0 Å². The molecule has 3 rings (SSSR count). The summed E-state index contributed by atoms with van der Waals surface area (Å²) in [7, 11) is 0. The quantitative estimate of drug-likeness (QED) is 0.736. The van der Waals surface area contributed by atoms with Gasteiger partial charge in [0.05, 0.1) is 5.52 Å². The molecule has 0 unspecified atom stereocenters. The van der Waals surface area contributed by atoms with Crippen LogP contribution in [0.4, 0.5) is 0 Å². The third-order valence-electron chi connectivity index (χ3n) is 2.81. The number of ketones is 1. The Balaban J connectivity index is 2.16. The van der Waals surface area contributed by atoms with Crippen LogP contribution in [0.3, 0.4) is 0 Å². The van der Waals surface area contributed by atoms with Crippen LogP contribution in [0, 0.1) is 0 Å². The molecule has 88 valence electrons. The van der Waals surface area contributed by atoms with E-state index >= 15 is 0 Å². The number of carbonyl (C=O) groups is 1. The molecule has 2 aromatic heterocycles. The lowest BCUT2D eigenvalue weighted by molar-refractivity contribution is 0.103. The molecule has 2 heterocycles. The standard InChI is InChI=1S/C14H9BrN2O/c15-11-5-3-4-9-10(8-17-13(9)11)14(18)12-6-1-2-7-16-12/h1-8,17H. The highest BCUT2D eigenvalue weighted by Gasteiger charge is 2.15. The first-order valence-electron chi connectivity index (χ1n) is 5.48. The SMILES string of the molecule is O=C(c1ccccn1)c1c[nH]c2c(Br)cccc12. The summed E-state index contributed by atoms with van der Waals surface area (Å²) < 4.78 is 0.945. The number of nitrogens with one attached hydrogen (secondary N) is 1. The van der Waals surface area contributed by atoms with Gasteiger partial charge in [-0.1, -0.05) is 18.2 Å². The van der Waals surface area contributed by atoms with Crippen molar-refractivity contribution in [3.05, 3.63) is 64.5 Å². The summed E-state index contributed by atoms with van der Waals surface area (Å²) in [5, 5.41) is 0.903. The van der Waals surface area contributed by atoms with E-state index in [9.17, 15) is 4.79 Å². The van der Waals surface area contributed by atoms with E-state index in [2.05, 4.69) is 25.9 Å². The predicted molar refractivity (Wildman–Crippen MR) is 73.7 cm³/mol. The fourth-order valence-electron chi connectivity index (χ4n) is 1.94. The zero-order valence-corrected chi connectivity index (χ0v) is 10.9. The van der Waals surface area contributed by atoms with Crippen LogP contribution >= 0.6 is 15.9 Å². The maximum atomic E-state index is 12.3. The summed E-state index contributed by atoms with van der Waals surface area (Å²) in [5.74, 6) is -0.0695. The number of H-pyrrole nitrogens is 1. The molecule has 0 spiro atoms. The third kappa shape index (κ3) is 1.75. The summed E-state index contributed by atoms with van der Waals surface area (Å²) in [4.78, 5) is 19.5. The molecule has 0 aliphatic carbocycles. The first kappa shape index (κ1) is 11.2. The number of para-hydroxylation sites is 1. The molecule has 0 aliphatic rings. The molecule has 0 bridgehead atoms. The number of aromatic nitrogens is 2. The minimum Gasteiger partial charge on any atom is -0.360 e. The minimum atomic E-state index is -0.0695. The average Bonchev–Trinajstić information content (AvgIpc) is 2.84. The second kappa shape index (κ2) is 4.38. The maximum Gasteiger partial charge on any atom is 0.213 e. The Morgan fingerprint density at radius 3 is 2.83 bits per heavy atom. The Kier molecular flexibility index (Phi) is 2.72. The Bertz CT molecular complexity index is 719.